The minimum absolute atomic E-state index is 0.822. The summed E-state index contributed by atoms with van der Waals surface area (Å²) in [6, 6.07) is 0. The highest BCUT2D eigenvalue weighted by atomic mass is 15.1. The van der Waals surface area contributed by atoms with Gasteiger partial charge in [0.15, 0.2) is 0 Å². The standard InChI is InChI=1S/C50H100N2/c1-7-11-13-15-17-19-21-23-25-27-29-31-33-35-37-39-43-51(47-49(5)9-3)45-41-42-46-52(48-50(6)10-4)44-40-38-36-34-32-30-28-26-24-22-20-18-16-14-12-8-2/h23-26,49-50H,7-22,27-48H2,1-6H3/b25-23+,26-24?. The van der Waals surface area contributed by atoms with Crippen molar-refractivity contribution >= 4 is 0 Å². The maximum absolute atomic E-state index is 2.83. The number of hydrogen-bond acceptors (Lipinski definition) is 2. The lowest BCUT2D eigenvalue weighted by Crippen LogP contribution is -2.33. The molecule has 0 spiro atoms. The van der Waals surface area contributed by atoms with E-state index in [4.69, 9.17) is 0 Å². The first-order valence-electron chi connectivity index (χ1n) is 24.3. The second kappa shape index (κ2) is 43.1. The SMILES string of the molecule is CCCCCCCCC=CCCCCCCCCN(CCCCN(CCCCCCCC/C=C/CCCCCCCC)CC(C)CC)CC(C)CC. The molecule has 0 aromatic heterocycles. The van der Waals surface area contributed by atoms with Crippen LogP contribution in [-0.4, -0.2) is 49.1 Å². The second-order valence-electron chi connectivity index (χ2n) is 17.2. The van der Waals surface area contributed by atoms with E-state index in [1.807, 2.05) is 0 Å². The van der Waals surface area contributed by atoms with E-state index in [1.165, 1.54) is 245 Å². The fraction of sp³-hybridized carbons (Fsp3) is 0.920. The monoisotopic (exact) mass is 729 g/mol. The first-order chi connectivity index (χ1) is 25.6. The fourth-order valence-electron chi connectivity index (χ4n) is 7.57. The van der Waals surface area contributed by atoms with E-state index in [1.54, 1.807) is 0 Å². The van der Waals surface area contributed by atoms with E-state index >= 15 is 0 Å². The van der Waals surface area contributed by atoms with Gasteiger partial charge in [-0.1, -0.05) is 194 Å². The summed E-state index contributed by atoms with van der Waals surface area (Å²) in [4.78, 5) is 5.65. The Hall–Kier alpha value is -0.600. The average Bonchev–Trinajstić information content (AvgIpc) is 3.15. The molecule has 0 amide bonds. The molecule has 2 atom stereocenters. The molecular formula is C50H100N2. The van der Waals surface area contributed by atoms with E-state index < -0.39 is 0 Å². The van der Waals surface area contributed by atoms with Crippen molar-refractivity contribution in [2.24, 2.45) is 11.8 Å². The quantitative estimate of drug-likeness (QED) is 0.0456. The Bertz CT molecular complexity index is 653. The maximum atomic E-state index is 2.83. The smallest absolute Gasteiger partial charge is 0.000692 e. The Morgan fingerprint density at radius 1 is 0.308 bits per heavy atom. The van der Waals surface area contributed by atoms with Crippen molar-refractivity contribution in [3.8, 4) is 0 Å². The van der Waals surface area contributed by atoms with Crippen LogP contribution in [0.1, 0.15) is 247 Å². The molecule has 0 heterocycles. The molecule has 2 unspecified atom stereocenters. The topological polar surface area (TPSA) is 6.48 Å². The van der Waals surface area contributed by atoms with Crippen molar-refractivity contribution in [1.29, 1.82) is 0 Å². The van der Waals surface area contributed by atoms with Gasteiger partial charge in [-0.2, -0.15) is 0 Å². The summed E-state index contributed by atoms with van der Waals surface area (Å²) >= 11 is 0. The van der Waals surface area contributed by atoms with Crippen LogP contribution >= 0.6 is 0 Å². The molecule has 2 nitrogen and oxygen atoms in total. The molecule has 0 fully saturated rings. The van der Waals surface area contributed by atoms with E-state index in [9.17, 15) is 0 Å². The van der Waals surface area contributed by atoms with Gasteiger partial charge >= 0.3 is 0 Å². The summed E-state index contributed by atoms with van der Waals surface area (Å²) in [5, 5.41) is 0. The van der Waals surface area contributed by atoms with Crippen LogP contribution < -0.4 is 0 Å². The van der Waals surface area contributed by atoms with Crippen LogP contribution in [0.25, 0.3) is 0 Å². The van der Waals surface area contributed by atoms with Gasteiger partial charge < -0.3 is 9.80 Å². The zero-order chi connectivity index (χ0) is 38.0. The van der Waals surface area contributed by atoms with Crippen LogP contribution in [0.2, 0.25) is 0 Å². The number of hydrogen-bond donors (Lipinski definition) is 0. The number of rotatable bonds is 43. The van der Waals surface area contributed by atoms with Crippen molar-refractivity contribution < 1.29 is 0 Å². The zero-order valence-corrected chi connectivity index (χ0v) is 37.2. The Labute approximate surface area is 331 Å². The predicted octanol–water partition coefficient (Wildman–Crippen LogP) is 16.5. The third-order valence-electron chi connectivity index (χ3n) is 11.7. The molecule has 0 aliphatic carbocycles. The molecule has 52 heavy (non-hydrogen) atoms. The first-order valence-corrected chi connectivity index (χ1v) is 24.3. The molecule has 0 saturated heterocycles. The molecule has 0 aliphatic heterocycles. The van der Waals surface area contributed by atoms with E-state index in [2.05, 4.69) is 75.6 Å². The maximum Gasteiger partial charge on any atom is 0.000692 e. The minimum atomic E-state index is 0.822. The highest BCUT2D eigenvalue weighted by molar-refractivity contribution is 4.82. The van der Waals surface area contributed by atoms with Gasteiger partial charge in [-0.15, -0.1) is 0 Å². The van der Waals surface area contributed by atoms with E-state index in [-0.39, 0.29) is 0 Å². The lowest BCUT2D eigenvalue weighted by molar-refractivity contribution is 0.203. The summed E-state index contributed by atoms with van der Waals surface area (Å²) in [6.45, 7) is 22.1. The molecule has 0 aromatic rings. The van der Waals surface area contributed by atoms with Gasteiger partial charge in [0.1, 0.15) is 0 Å². The van der Waals surface area contributed by atoms with Crippen molar-refractivity contribution in [3.63, 3.8) is 0 Å². The normalized spacial score (nSPS) is 13.5. The van der Waals surface area contributed by atoms with Gasteiger partial charge in [-0.05, 0) is 115 Å². The minimum Gasteiger partial charge on any atom is -0.303 e. The van der Waals surface area contributed by atoms with Crippen molar-refractivity contribution in [3.05, 3.63) is 24.3 Å². The van der Waals surface area contributed by atoms with Gasteiger partial charge in [0.05, 0.1) is 0 Å². The fourth-order valence-corrected chi connectivity index (χ4v) is 7.57. The molecule has 2 heteroatoms. The van der Waals surface area contributed by atoms with E-state index in [0.29, 0.717) is 0 Å². The van der Waals surface area contributed by atoms with E-state index in [0.717, 1.165) is 11.8 Å². The number of unbranched alkanes of at least 4 members (excludes halogenated alkanes) is 25. The molecule has 0 radical (unpaired) electrons. The molecular weight excluding hydrogens is 629 g/mol. The third-order valence-corrected chi connectivity index (χ3v) is 11.7. The third kappa shape index (κ3) is 39.1. The van der Waals surface area contributed by atoms with Crippen molar-refractivity contribution in [2.75, 3.05) is 39.3 Å². The second-order valence-corrected chi connectivity index (χ2v) is 17.2. The van der Waals surface area contributed by atoms with Gasteiger partial charge in [-0.3, -0.25) is 0 Å². The largest absolute Gasteiger partial charge is 0.303 e. The summed E-state index contributed by atoms with van der Waals surface area (Å²) in [5.74, 6) is 1.64. The predicted molar refractivity (Wildman–Crippen MR) is 240 cm³/mol. The van der Waals surface area contributed by atoms with Crippen LogP contribution in [0, 0.1) is 11.8 Å². The summed E-state index contributed by atoms with van der Waals surface area (Å²) < 4.78 is 0. The Kier molecular flexibility index (Phi) is 42.6. The highest BCUT2D eigenvalue weighted by Gasteiger charge is 2.12. The molecule has 0 rings (SSSR count). The molecule has 0 aliphatic rings. The first kappa shape index (κ1) is 51.4. The van der Waals surface area contributed by atoms with Crippen LogP contribution in [0.15, 0.2) is 24.3 Å². The van der Waals surface area contributed by atoms with Crippen LogP contribution in [0.4, 0.5) is 0 Å². The van der Waals surface area contributed by atoms with Crippen molar-refractivity contribution in [1.82, 2.24) is 9.80 Å². The lowest BCUT2D eigenvalue weighted by atomic mass is 10.1. The van der Waals surface area contributed by atoms with Crippen LogP contribution in [-0.2, 0) is 0 Å². The number of nitrogens with zero attached hydrogens (tertiary/aromatic N) is 2. The van der Waals surface area contributed by atoms with Crippen molar-refractivity contribution in [2.45, 2.75) is 247 Å². The highest BCUT2D eigenvalue weighted by Crippen LogP contribution is 2.15. The zero-order valence-electron chi connectivity index (χ0n) is 37.2. The van der Waals surface area contributed by atoms with Crippen LogP contribution in [0.5, 0.6) is 0 Å². The summed E-state index contributed by atoms with van der Waals surface area (Å²) in [5.41, 5.74) is 0. The summed E-state index contributed by atoms with van der Waals surface area (Å²) in [6.07, 6.45) is 54.3. The summed E-state index contributed by atoms with van der Waals surface area (Å²) in [7, 11) is 0. The number of allylic oxidation sites excluding steroid dienone is 4. The molecule has 0 aromatic carbocycles. The Morgan fingerprint density at radius 2 is 0.538 bits per heavy atom. The Morgan fingerprint density at radius 3 is 0.808 bits per heavy atom. The average molecular weight is 729 g/mol. The lowest BCUT2D eigenvalue weighted by Gasteiger charge is -2.27. The molecule has 0 saturated carbocycles. The van der Waals surface area contributed by atoms with Gasteiger partial charge in [0, 0.05) is 13.1 Å². The van der Waals surface area contributed by atoms with Gasteiger partial charge in [0.25, 0.3) is 0 Å². The van der Waals surface area contributed by atoms with Crippen LogP contribution in [0.3, 0.4) is 0 Å². The molecule has 0 N–H and O–H groups in total. The van der Waals surface area contributed by atoms with Gasteiger partial charge in [-0.25, -0.2) is 0 Å². The van der Waals surface area contributed by atoms with Gasteiger partial charge in [0.2, 0.25) is 0 Å². The molecule has 0 bridgehead atoms. The Balaban J connectivity index is 4.08. The molecule has 310 valence electrons.